The van der Waals surface area contributed by atoms with E-state index in [0.29, 0.717) is 17.2 Å². The fraction of sp³-hybridized carbons (Fsp3) is 0.429. The van der Waals surface area contributed by atoms with E-state index in [2.05, 4.69) is 20.2 Å². The number of carbonyl (C=O) groups excluding carboxylic acids is 1. The second-order valence-corrected chi connectivity index (χ2v) is 9.09. The summed E-state index contributed by atoms with van der Waals surface area (Å²) in [6, 6.07) is 5.24. The number of amides is 1. The van der Waals surface area contributed by atoms with Crippen LogP contribution in [-0.4, -0.2) is 50.8 Å². The van der Waals surface area contributed by atoms with Crippen LogP contribution in [0.3, 0.4) is 0 Å². The molecule has 9 heteroatoms. The molecule has 3 heterocycles. The fourth-order valence-corrected chi connectivity index (χ4v) is 4.66. The molecule has 3 N–H and O–H groups in total. The van der Waals surface area contributed by atoms with Gasteiger partial charge in [-0.05, 0) is 50.8 Å². The molecule has 2 aromatic heterocycles. The van der Waals surface area contributed by atoms with E-state index >= 15 is 0 Å². The van der Waals surface area contributed by atoms with Gasteiger partial charge in [-0.2, -0.15) is 0 Å². The number of aliphatic hydroxyl groups excluding tert-OH is 1. The molecule has 0 atom stereocenters. The summed E-state index contributed by atoms with van der Waals surface area (Å²) in [5, 5.41) is 23.8. The van der Waals surface area contributed by atoms with E-state index in [1.165, 1.54) is 12.5 Å². The zero-order chi connectivity index (χ0) is 21.3. The van der Waals surface area contributed by atoms with Crippen LogP contribution in [0.15, 0.2) is 30.7 Å². The Morgan fingerprint density at radius 3 is 2.73 bits per heavy atom. The molecule has 0 spiro atoms. The van der Waals surface area contributed by atoms with Crippen LogP contribution in [0.5, 0.6) is 0 Å². The second-order valence-electron chi connectivity index (χ2n) is 8.08. The third kappa shape index (κ3) is 4.28. The van der Waals surface area contributed by atoms with Gasteiger partial charge < -0.3 is 20.4 Å². The Morgan fingerprint density at radius 2 is 2.10 bits per heavy atom. The van der Waals surface area contributed by atoms with Gasteiger partial charge in [0.2, 0.25) is 0 Å². The summed E-state index contributed by atoms with van der Waals surface area (Å²) < 4.78 is 0.931. The number of hydrogen-bond acceptors (Lipinski definition) is 8. The van der Waals surface area contributed by atoms with Crippen LogP contribution >= 0.6 is 11.3 Å². The third-order valence-electron chi connectivity index (χ3n) is 5.38. The molecule has 1 fully saturated rings. The quantitative estimate of drug-likeness (QED) is 0.574. The first kappa shape index (κ1) is 20.6. The van der Waals surface area contributed by atoms with Crippen molar-refractivity contribution in [2.45, 2.75) is 32.3 Å². The van der Waals surface area contributed by atoms with Crippen LogP contribution in [0, 0.1) is 5.92 Å². The standard InChI is InChI=1S/C21H25N5O3S/c1-21(2,29)14-9-17-18(10-16(14)24-19(28)15-3-6-22-12-23-15)30-20(25-17)26-7-4-13(11-27)5-8-26/h3,6,9-10,12-13,27,29H,4-5,7-8,11H2,1-2H3,(H,24,28). The number of carbonyl (C=O) groups is 1. The maximum atomic E-state index is 12.6. The Morgan fingerprint density at radius 1 is 1.33 bits per heavy atom. The molecule has 1 aliphatic rings. The largest absolute Gasteiger partial charge is 0.396 e. The first-order chi connectivity index (χ1) is 14.3. The average Bonchev–Trinajstić information content (AvgIpc) is 3.16. The molecule has 30 heavy (non-hydrogen) atoms. The van der Waals surface area contributed by atoms with Crippen LogP contribution < -0.4 is 10.2 Å². The molecule has 1 saturated heterocycles. The molecular formula is C21H25N5O3S. The van der Waals surface area contributed by atoms with Crippen LogP contribution in [0.4, 0.5) is 10.8 Å². The molecule has 1 amide bonds. The zero-order valence-electron chi connectivity index (χ0n) is 17.0. The van der Waals surface area contributed by atoms with Crippen molar-refractivity contribution in [2.24, 2.45) is 5.92 Å². The number of piperidine rings is 1. The number of anilines is 2. The Kier molecular flexibility index (Phi) is 5.68. The highest BCUT2D eigenvalue weighted by Gasteiger charge is 2.25. The van der Waals surface area contributed by atoms with Crippen molar-refractivity contribution in [3.8, 4) is 0 Å². The summed E-state index contributed by atoms with van der Waals surface area (Å²) in [5.41, 5.74) is 1.01. The number of fused-ring (bicyclic) bond motifs is 1. The number of rotatable bonds is 5. The number of nitrogens with zero attached hydrogens (tertiary/aromatic N) is 4. The van der Waals surface area contributed by atoms with Crippen LogP contribution in [-0.2, 0) is 5.60 Å². The minimum atomic E-state index is -1.16. The summed E-state index contributed by atoms with van der Waals surface area (Å²) in [5.74, 6) is -0.000838. The molecule has 0 bridgehead atoms. The number of aromatic nitrogens is 3. The van der Waals surface area contributed by atoms with E-state index in [1.807, 2.05) is 12.1 Å². The van der Waals surface area contributed by atoms with Gasteiger partial charge in [-0.1, -0.05) is 11.3 Å². The SMILES string of the molecule is CC(C)(O)c1cc2nc(N3CCC(CO)CC3)sc2cc1NC(=O)c1ccncn1. The van der Waals surface area contributed by atoms with Gasteiger partial charge in [0.15, 0.2) is 5.13 Å². The van der Waals surface area contributed by atoms with E-state index < -0.39 is 5.60 Å². The van der Waals surface area contributed by atoms with Crippen molar-refractivity contribution in [3.63, 3.8) is 0 Å². The molecule has 1 aromatic carbocycles. The third-order valence-corrected chi connectivity index (χ3v) is 6.46. The van der Waals surface area contributed by atoms with E-state index in [9.17, 15) is 15.0 Å². The van der Waals surface area contributed by atoms with Gasteiger partial charge in [0.1, 0.15) is 12.0 Å². The second kappa shape index (κ2) is 8.25. The molecule has 1 aliphatic heterocycles. The summed E-state index contributed by atoms with van der Waals surface area (Å²) in [6.45, 7) is 5.32. The van der Waals surface area contributed by atoms with Gasteiger partial charge in [0.05, 0.1) is 15.8 Å². The summed E-state index contributed by atoms with van der Waals surface area (Å²) >= 11 is 1.56. The lowest BCUT2D eigenvalue weighted by atomic mass is 9.96. The Balaban J connectivity index is 1.66. The van der Waals surface area contributed by atoms with Gasteiger partial charge in [-0.3, -0.25) is 4.79 Å². The molecule has 8 nitrogen and oxygen atoms in total. The highest BCUT2D eigenvalue weighted by Crippen LogP contribution is 2.37. The first-order valence-corrected chi connectivity index (χ1v) is 10.8. The minimum absolute atomic E-state index is 0.234. The number of aliphatic hydroxyl groups is 2. The summed E-state index contributed by atoms with van der Waals surface area (Å²) in [7, 11) is 0. The Bertz CT molecular complexity index is 1040. The highest BCUT2D eigenvalue weighted by atomic mass is 32.1. The van der Waals surface area contributed by atoms with Crippen molar-refractivity contribution in [2.75, 3.05) is 29.9 Å². The van der Waals surface area contributed by atoms with E-state index in [1.54, 1.807) is 31.3 Å². The normalized spacial score (nSPS) is 15.5. The topological polar surface area (TPSA) is 111 Å². The van der Waals surface area contributed by atoms with Crippen molar-refractivity contribution >= 4 is 38.3 Å². The molecule has 0 unspecified atom stereocenters. The van der Waals surface area contributed by atoms with E-state index in [0.717, 1.165) is 41.3 Å². The maximum Gasteiger partial charge on any atom is 0.274 e. The molecule has 158 valence electrons. The number of nitrogens with one attached hydrogen (secondary N) is 1. The monoisotopic (exact) mass is 427 g/mol. The van der Waals surface area contributed by atoms with Crippen molar-refractivity contribution in [3.05, 3.63) is 42.0 Å². The van der Waals surface area contributed by atoms with Gasteiger partial charge in [-0.15, -0.1) is 0 Å². The Hall–Kier alpha value is -2.62. The van der Waals surface area contributed by atoms with Gasteiger partial charge in [-0.25, -0.2) is 15.0 Å². The lowest BCUT2D eigenvalue weighted by molar-refractivity contribution is 0.0794. The van der Waals surface area contributed by atoms with Crippen LogP contribution in [0.2, 0.25) is 0 Å². The van der Waals surface area contributed by atoms with E-state index in [-0.39, 0.29) is 18.2 Å². The Labute approximate surface area is 178 Å². The number of hydrogen-bond donors (Lipinski definition) is 3. The molecule has 0 saturated carbocycles. The molecule has 0 aliphatic carbocycles. The predicted molar refractivity (Wildman–Crippen MR) is 117 cm³/mol. The number of benzene rings is 1. The minimum Gasteiger partial charge on any atom is -0.396 e. The van der Waals surface area contributed by atoms with Gasteiger partial charge in [0, 0.05) is 37.1 Å². The lowest BCUT2D eigenvalue weighted by Gasteiger charge is -2.30. The maximum absolute atomic E-state index is 12.6. The van der Waals surface area contributed by atoms with Crippen LogP contribution in [0.1, 0.15) is 42.7 Å². The first-order valence-electron chi connectivity index (χ1n) is 9.96. The molecular weight excluding hydrogens is 402 g/mol. The predicted octanol–water partition coefficient (Wildman–Crippen LogP) is 2.77. The van der Waals surface area contributed by atoms with Crippen LogP contribution in [0.25, 0.3) is 10.2 Å². The zero-order valence-corrected chi connectivity index (χ0v) is 17.8. The molecule has 4 rings (SSSR count). The number of thiazole rings is 1. The molecule has 3 aromatic rings. The van der Waals surface area contributed by atoms with Crippen molar-refractivity contribution in [1.29, 1.82) is 0 Å². The van der Waals surface area contributed by atoms with E-state index in [4.69, 9.17) is 4.98 Å². The highest BCUT2D eigenvalue weighted by molar-refractivity contribution is 7.22. The molecule has 0 radical (unpaired) electrons. The lowest BCUT2D eigenvalue weighted by Crippen LogP contribution is -2.34. The van der Waals surface area contributed by atoms with Crippen molar-refractivity contribution in [1.82, 2.24) is 15.0 Å². The summed E-state index contributed by atoms with van der Waals surface area (Å²) in [4.78, 5) is 27.5. The van der Waals surface area contributed by atoms with Gasteiger partial charge >= 0.3 is 0 Å². The average molecular weight is 428 g/mol. The summed E-state index contributed by atoms with van der Waals surface area (Å²) in [6.07, 6.45) is 4.73. The van der Waals surface area contributed by atoms with Crippen molar-refractivity contribution < 1.29 is 15.0 Å². The van der Waals surface area contributed by atoms with Gasteiger partial charge in [0.25, 0.3) is 5.91 Å². The smallest absolute Gasteiger partial charge is 0.274 e. The fourth-order valence-electron chi connectivity index (χ4n) is 3.62.